The van der Waals surface area contributed by atoms with Crippen LogP contribution >= 0.6 is 0 Å². The molecule has 1 atom stereocenters. The molecule has 13 heavy (non-hydrogen) atoms. The molecule has 4 heteroatoms. The van der Waals surface area contributed by atoms with E-state index >= 15 is 0 Å². The van der Waals surface area contributed by atoms with Crippen molar-refractivity contribution >= 4 is 5.91 Å². The van der Waals surface area contributed by atoms with Crippen molar-refractivity contribution in [2.45, 2.75) is 19.8 Å². The summed E-state index contributed by atoms with van der Waals surface area (Å²) in [7, 11) is 1.71. The van der Waals surface area contributed by atoms with Crippen LogP contribution in [0.15, 0.2) is 0 Å². The number of nitriles is 1. The van der Waals surface area contributed by atoms with Crippen LogP contribution < -0.4 is 5.73 Å². The quantitative estimate of drug-likeness (QED) is 0.668. The third kappa shape index (κ3) is 5.21. The number of hydrogen-bond acceptors (Lipinski definition) is 3. The summed E-state index contributed by atoms with van der Waals surface area (Å²) in [6, 6.07) is 2.09. The summed E-state index contributed by atoms with van der Waals surface area (Å²) in [5.74, 6) is -0.0422. The molecule has 0 aliphatic heterocycles. The van der Waals surface area contributed by atoms with E-state index in [9.17, 15) is 4.79 Å². The second-order valence-corrected chi connectivity index (χ2v) is 3.20. The lowest BCUT2D eigenvalue weighted by Gasteiger charge is -2.17. The van der Waals surface area contributed by atoms with Crippen LogP contribution in [0.4, 0.5) is 0 Å². The zero-order chi connectivity index (χ0) is 10.3. The molecule has 0 aromatic carbocycles. The molecule has 0 saturated heterocycles. The molecule has 0 rings (SSSR count). The summed E-state index contributed by atoms with van der Waals surface area (Å²) in [6.45, 7) is 2.83. The Hall–Kier alpha value is -1.08. The third-order valence-corrected chi connectivity index (χ3v) is 1.79. The first kappa shape index (κ1) is 11.9. The standard InChI is InChI=1S/C9H17N3O/c1-8(6-11)7-12(2)9(13)4-3-5-10/h8H,3-5,7,10H2,1-2H3. The van der Waals surface area contributed by atoms with Gasteiger partial charge >= 0.3 is 0 Å². The van der Waals surface area contributed by atoms with E-state index in [1.807, 2.05) is 0 Å². The highest BCUT2D eigenvalue weighted by Gasteiger charge is 2.10. The van der Waals surface area contributed by atoms with Crippen molar-refractivity contribution in [3.8, 4) is 6.07 Å². The van der Waals surface area contributed by atoms with Crippen LogP contribution in [0, 0.1) is 17.2 Å². The lowest BCUT2D eigenvalue weighted by atomic mass is 10.2. The number of hydrogen-bond donors (Lipinski definition) is 1. The average molecular weight is 183 g/mol. The van der Waals surface area contributed by atoms with E-state index in [0.717, 1.165) is 0 Å². The van der Waals surface area contributed by atoms with Gasteiger partial charge in [-0.1, -0.05) is 0 Å². The van der Waals surface area contributed by atoms with Crippen molar-refractivity contribution in [3.05, 3.63) is 0 Å². The van der Waals surface area contributed by atoms with Gasteiger partial charge in [-0.25, -0.2) is 0 Å². The van der Waals surface area contributed by atoms with E-state index in [1.165, 1.54) is 0 Å². The van der Waals surface area contributed by atoms with Crippen molar-refractivity contribution in [2.75, 3.05) is 20.1 Å². The van der Waals surface area contributed by atoms with Gasteiger partial charge in [0.2, 0.25) is 5.91 Å². The van der Waals surface area contributed by atoms with Crippen molar-refractivity contribution in [1.82, 2.24) is 4.90 Å². The Morgan fingerprint density at radius 1 is 1.69 bits per heavy atom. The highest BCUT2D eigenvalue weighted by atomic mass is 16.2. The largest absolute Gasteiger partial charge is 0.344 e. The SMILES string of the molecule is CC(C#N)CN(C)C(=O)CCCN. The van der Waals surface area contributed by atoms with Crippen molar-refractivity contribution in [1.29, 1.82) is 5.26 Å². The van der Waals surface area contributed by atoms with E-state index in [2.05, 4.69) is 6.07 Å². The van der Waals surface area contributed by atoms with Crippen molar-refractivity contribution in [3.63, 3.8) is 0 Å². The number of nitrogens with zero attached hydrogens (tertiary/aromatic N) is 2. The van der Waals surface area contributed by atoms with Crippen molar-refractivity contribution < 1.29 is 4.79 Å². The first-order valence-electron chi connectivity index (χ1n) is 4.45. The minimum absolute atomic E-state index is 0.0625. The Morgan fingerprint density at radius 2 is 2.31 bits per heavy atom. The number of amides is 1. The normalized spacial score (nSPS) is 11.8. The number of carbonyl (C=O) groups is 1. The van der Waals surface area contributed by atoms with Gasteiger partial charge in [-0.05, 0) is 19.9 Å². The van der Waals surface area contributed by atoms with Crippen LogP contribution in [0.5, 0.6) is 0 Å². The zero-order valence-electron chi connectivity index (χ0n) is 8.29. The number of nitrogens with two attached hydrogens (primary N) is 1. The highest BCUT2D eigenvalue weighted by Crippen LogP contribution is 1.99. The number of carbonyl (C=O) groups excluding carboxylic acids is 1. The van der Waals surface area contributed by atoms with Crippen molar-refractivity contribution in [2.24, 2.45) is 11.7 Å². The maximum Gasteiger partial charge on any atom is 0.222 e. The first-order valence-corrected chi connectivity index (χ1v) is 4.45. The molecule has 0 radical (unpaired) electrons. The highest BCUT2D eigenvalue weighted by molar-refractivity contribution is 5.75. The van der Waals surface area contributed by atoms with Gasteiger partial charge in [-0.2, -0.15) is 5.26 Å². The molecule has 0 aliphatic carbocycles. The predicted molar refractivity (Wildman–Crippen MR) is 50.7 cm³/mol. The Bertz CT molecular complexity index is 198. The summed E-state index contributed by atoms with van der Waals surface area (Å²) in [4.78, 5) is 12.9. The molecule has 0 aromatic heterocycles. The van der Waals surface area contributed by atoms with Gasteiger partial charge in [0.05, 0.1) is 12.0 Å². The molecule has 0 aliphatic rings. The topological polar surface area (TPSA) is 70.1 Å². The third-order valence-electron chi connectivity index (χ3n) is 1.79. The predicted octanol–water partition coefficient (Wildman–Crippen LogP) is 0.343. The molecule has 0 fully saturated rings. The molecule has 4 nitrogen and oxygen atoms in total. The fraction of sp³-hybridized carbons (Fsp3) is 0.778. The van der Waals surface area contributed by atoms with Gasteiger partial charge in [0.1, 0.15) is 0 Å². The fourth-order valence-electron chi connectivity index (χ4n) is 0.998. The van der Waals surface area contributed by atoms with E-state index in [-0.39, 0.29) is 11.8 Å². The Balaban J connectivity index is 3.77. The van der Waals surface area contributed by atoms with E-state index in [1.54, 1.807) is 18.9 Å². The minimum atomic E-state index is -0.105. The molecule has 0 bridgehead atoms. The lowest BCUT2D eigenvalue weighted by Crippen LogP contribution is -2.30. The van der Waals surface area contributed by atoms with E-state index in [4.69, 9.17) is 11.0 Å². The smallest absolute Gasteiger partial charge is 0.222 e. The summed E-state index contributed by atoms with van der Waals surface area (Å²) in [5, 5.41) is 8.53. The lowest BCUT2D eigenvalue weighted by molar-refractivity contribution is -0.130. The number of rotatable bonds is 5. The Labute approximate surface area is 79.3 Å². The minimum Gasteiger partial charge on any atom is -0.344 e. The Morgan fingerprint density at radius 3 is 2.77 bits per heavy atom. The molecule has 0 saturated carbocycles. The molecule has 74 valence electrons. The van der Waals surface area contributed by atoms with Crippen LogP contribution in [0.25, 0.3) is 0 Å². The van der Waals surface area contributed by atoms with Crippen LogP contribution in [0.3, 0.4) is 0 Å². The van der Waals surface area contributed by atoms with Gasteiger partial charge in [0, 0.05) is 20.0 Å². The molecule has 2 N–H and O–H groups in total. The zero-order valence-corrected chi connectivity index (χ0v) is 8.29. The summed E-state index contributed by atoms with van der Waals surface area (Å²) >= 11 is 0. The average Bonchev–Trinajstić information content (AvgIpc) is 2.13. The second-order valence-electron chi connectivity index (χ2n) is 3.20. The van der Waals surface area contributed by atoms with E-state index < -0.39 is 0 Å². The molecular weight excluding hydrogens is 166 g/mol. The van der Waals surface area contributed by atoms with Crippen LogP contribution in [0.1, 0.15) is 19.8 Å². The summed E-state index contributed by atoms with van der Waals surface area (Å²) in [5.41, 5.74) is 5.28. The fourth-order valence-corrected chi connectivity index (χ4v) is 0.998. The molecule has 1 amide bonds. The first-order chi connectivity index (χ1) is 6.11. The summed E-state index contributed by atoms with van der Waals surface area (Å²) in [6.07, 6.45) is 1.19. The van der Waals surface area contributed by atoms with Gasteiger partial charge in [0.25, 0.3) is 0 Å². The molecule has 0 heterocycles. The van der Waals surface area contributed by atoms with Gasteiger partial charge in [0.15, 0.2) is 0 Å². The van der Waals surface area contributed by atoms with Gasteiger partial charge in [-0.3, -0.25) is 4.79 Å². The molecule has 0 aromatic rings. The molecule has 1 unspecified atom stereocenters. The second kappa shape index (κ2) is 6.44. The Kier molecular flexibility index (Phi) is 5.90. The van der Waals surface area contributed by atoms with Crippen LogP contribution in [-0.4, -0.2) is 30.9 Å². The van der Waals surface area contributed by atoms with Crippen LogP contribution in [0.2, 0.25) is 0 Å². The maximum absolute atomic E-state index is 11.3. The monoisotopic (exact) mass is 183 g/mol. The molecule has 0 spiro atoms. The van der Waals surface area contributed by atoms with Gasteiger partial charge in [-0.15, -0.1) is 0 Å². The summed E-state index contributed by atoms with van der Waals surface area (Å²) < 4.78 is 0. The van der Waals surface area contributed by atoms with Crippen LogP contribution in [-0.2, 0) is 4.79 Å². The van der Waals surface area contributed by atoms with Gasteiger partial charge < -0.3 is 10.6 Å². The maximum atomic E-state index is 11.3. The molecular formula is C9H17N3O. The van der Waals surface area contributed by atoms with E-state index in [0.29, 0.717) is 25.9 Å².